The van der Waals surface area contributed by atoms with Gasteiger partial charge in [-0.25, -0.2) is 18.1 Å². The molecule has 1 rings (SSSR count). The fraction of sp³-hybridized carbons (Fsp3) is 0.700. The van der Waals surface area contributed by atoms with Crippen LogP contribution in [-0.4, -0.2) is 35.2 Å². The number of rotatable bonds is 6. The van der Waals surface area contributed by atoms with Gasteiger partial charge in [-0.3, -0.25) is 0 Å². The number of nitrogens with one attached hydrogen (secondary N) is 1. The number of nitrogens with two attached hydrogens (primary N) is 1. The molecule has 1 unspecified atom stereocenters. The van der Waals surface area contributed by atoms with Crippen LogP contribution in [0.5, 0.6) is 0 Å². The summed E-state index contributed by atoms with van der Waals surface area (Å²) in [5.74, 6) is -0.0554. The van der Waals surface area contributed by atoms with Crippen LogP contribution in [0.4, 0.5) is 5.82 Å². The van der Waals surface area contributed by atoms with E-state index in [2.05, 4.69) is 9.71 Å². The molecule has 1 heterocycles. The molecule has 0 amide bonds. The summed E-state index contributed by atoms with van der Waals surface area (Å²) in [5, 5.41) is 9.85. The molecular weight excluding hydrogens is 256 g/mol. The van der Waals surface area contributed by atoms with Gasteiger partial charge in [0, 0.05) is 13.6 Å². The summed E-state index contributed by atoms with van der Waals surface area (Å²) in [6.07, 6.45) is 2.60. The summed E-state index contributed by atoms with van der Waals surface area (Å²) in [6.45, 7) is 3.45. The van der Waals surface area contributed by atoms with Crippen molar-refractivity contribution in [3.05, 3.63) is 6.33 Å². The fourth-order valence-corrected chi connectivity index (χ4v) is 3.10. The third kappa shape index (κ3) is 3.44. The van der Waals surface area contributed by atoms with Gasteiger partial charge in [0.05, 0.1) is 11.9 Å². The number of hydrogen-bond donors (Lipinski definition) is 3. The van der Waals surface area contributed by atoms with Gasteiger partial charge in [-0.1, -0.05) is 13.3 Å². The van der Waals surface area contributed by atoms with E-state index in [9.17, 15) is 13.5 Å². The van der Waals surface area contributed by atoms with Gasteiger partial charge in [0.15, 0.2) is 10.8 Å². The molecule has 1 aromatic heterocycles. The zero-order valence-electron chi connectivity index (χ0n) is 10.8. The normalized spacial score (nSPS) is 15.6. The minimum Gasteiger partial charge on any atom is -0.389 e. The lowest BCUT2D eigenvalue weighted by Gasteiger charge is -2.22. The first-order valence-electron chi connectivity index (χ1n) is 5.68. The smallest absolute Gasteiger partial charge is 0.260 e. The van der Waals surface area contributed by atoms with Crippen LogP contribution in [0.2, 0.25) is 0 Å². The molecule has 4 N–H and O–H groups in total. The number of nitrogen functional groups attached to an aromatic ring is 1. The zero-order chi connectivity index (χ0) is 14.0. The van der Waals surface area contributed by atoms with Crippen LogP contribution in [0.3, 0.4) is 0 Å². The monoisotopic (exact) mass is 276 g/mol. The van der Waals surface area contributed by atoms with Crippen LogP contribution >= 0.6 is 0 Å². The van der Waals surface area contributed by atoms with E-state index < -0.39 is 15.6 Å². The zero-order valence-corrected chi connectivity index (χ0v) is 11.7. The lowest BCUT2D eigenvalue weighted by atomic mass is 10.0. The highest BCUT2D eigenvalue weighted by Crippen LogP contribution is 2.17. The number of aliphatic hydroxyl groups is 1. The molecule has 7 nitrogen and oxygen atoms in total. The van der Waals surface area contributed by atoms with Crippen molar-refractivity contribution in [1.29, 1.82) is 0 Å². The Labute approximate surface area is 107 Å². The number of hydrogen-bond acceptors (Lipinski definition) is 5. The third-order valence-electron chi connectivity index (χ3n) is 2.60. The average molecular weight is 276 g/mol. The second-order valence-electron chi connectivity index (χ2n) is 4.62. The SMILES string of the molecule is CCCC(C)(O)CNS(=O)(=O)c1c(N)ncn1C. The predicted molar refractivity (Wildman–Crippen MR) is 68.3 cm³/mol. The number of aryl methyl sites for hydroxylation is 1. The number of sulfonamides is 1. The van der Waals surface area contributed by atoms with E-state index in [4.69, 9.17) is 5.73 Å². The highest BCUT2D eigenvalue weighted by Gasteiger charge is 2.26. The second-order valence-corrected chi connectivity index (χ2v) is 6.30. The van der Waals surface area contributed by atoms with E-state index in [1.54, 1.807) is 14.0 Å². The van der Waals surface area contributed by atoms with Gasteiger partial charge in [0.1, 0.15) is 0 Å². The Morgan fingerprint density at radius 1 is 1.61 bits per heavy atom. The Hall–Kier alpha value is -1.12. The predicted octanol–water partition coefficient (Wildman–Crippen LogP) is -0.168. The molecule has 0 saturated heterocycles. The van der Waals surface area contributed by atoms with Gasteiger partial charge in [-0.05, 0) is 13.3 Å². The van der Waals surface area contributed by atoms with Crippen molar-refractivity contribution in [3.63, 3.8) is 0 Å². The van der Waals surface area contributed by atoms with E-state index in [0.29, 0.717) is 6.42 Å². The summed E-state index contributed by atoms with van der Waals surface area (Å²) in [6, 6.07) is 0. The average Bonchev–Trinajstić information content (AvgIpc) is 2.56. The molecule has 0 saturated carbocycles. The van der Waals surface area contributed by atoms with E-state index >= 15 is 0 Å². The largest absolute Gasteiger partial charge is 0.389 e. The van der Waals surface area contributed by atoms with Crippen LogP contribution < -0.4 is 10.5 Å². The molecule has 18 heavy (non-hydrogen) atoms. The molecule has 0 aromatic carbocycles. The first-order valence-corrected chi connectivity index (χ1v) is 7.17. The summed E-state index contributed by atoms with van der Waals surface area (Å²) in [5.41, 5.74) is 4.44. The van der Waals surface area contributed by atoms with Crippen LogP contribution in [0, 0.1) is 0 Å². The maximum atomic E-state index is 12.0. The number of imidazole rings is 1. The molecule has 0 spiro atoms. The molecule has 8 heteroatoms. The minimum absolute atomic E-state index is 0.0554. The first-order chi connectivity index (χ1) is 8.19. The highest BCUT2D eigenvalue weighted by atomic mass is 32.2. The van der Waals surface area contributed by atoms with Crippen molar-refractivity contribution < 1.29 is 13.5 Å². The van der Waals surface area contributed by atoms with Crippen molar-refractivity contribution in [2.75, 3.05) is 12.3 Å². The molecule has 0 fully saturated rings. The lowest BCUT2D eigenvalue weighted by molar-refractivity contribution is 0.0554. The van der Waals surface area contributed by atoms with Crippen molar-refractivity contribution in [3.8, 4) is 0 Å². The maximum Gasteiger partial charge on any atom is 0.260 e. The Bertz CT molecular complexity index is 488. The van der Waals surface area contributed by atoms with E-state index in [1.165, 1.54) is 10.9 Å². The Morgan fingerprint density at radius 3 is 2.67 bits per heavy atom. The Balaban J connectivity index is 2.84. The van der Waals surface area contributed by atoms with E-state index in [0.717, 1.165) is 6.42 Å². The van der Waals surface area contributed by atoms with E-state index in [1.807, 2.05) is 6.92 Å². The summed E-state index contributed by atoms with van der Waals surface area (Å²) in [4.78, 5) is 3.72. The standard InChI is InChI=1S/C10H20N4O3S/c1-4-5-10(2,15)6-13-18(16,17)9-8(11)12-7-14(9)3/h7,13,15H,4-6,11H2,1-3H3. The Kier molecular flexibility index (Phi) is 4.36. The van der Waals surface area contributed by atoms with Crippen LogP contribution in [0.15, 0.2) is 11.4 Å². The topological polar surface area (TPSA) is 110 Å². The molecule has 104 valence electrons. The van der Waals surface area contributed by atoms with Gasteiger partial charge in [-0.15, -0.1) is 0 Å². The molecule has 0 aliphatic heterocycles. The van der Waals surface area contributed by atoms with Gasteiger partial charge in [-0.2, -0.15) is 0 Å². The molecule has 0 aliphatic carbocycles. The second kappa shape index (κ2) is 5.25. The summed E-state index contributed by atoms with van der Waals surface area (Å²) in [7, 11) is -2.22. The van der Waals surface area contributed by atoms with E-state index in [-0.39, 0.29) is 17.4 Å². The van der Waals surface area contributed by atoms with Gasteiger partial charge in [0.25, 0.3) is 10.0 Å². The fourth-order valence-electron chi connectivity index (χ4n) is 1.71. The van der Waals surface area contributed by atoms with Gasteiger partial charge >= 0.3 is 0 Å². The first kappa shape index (κ1) is 14.9. The number of nitrogens with zero attached hydrogens (tertiary/aromatic N) is 2. The van der Waals surface area contributed by atoms with Crippen LogP contribution in [0.25, 0.3) is 0 Å². The lowest BCUT2D eigenvalue weighted by Crippen LogP contribution is -2.41. The van der Waals surface area contributed by atoms with Gasteiger partial charge in [0.2, 0.25) is 0 Å². The third-order valence-corrected chi connectivity index (χ3v) is 4.13. The van der Waals surface area contributed by atoms with Crippen LogP contribution in [0.1, 0.15) is 26.7 Å². The molecule has 0 aliphatic rings. The highest BCUT2D eigenvalue weighted by molar-refractivity contribution is 7.89. The molecule has 1 atom stereocenters. The molecular formula is C10H20N4O3S. The quantitative estimate of drug-likeness (QED) is 0.668. The molecule has 0 bridgehead atoms. The minimum atomic E-state index is -3.76. The van der Waals surface area contributed by atoms with Crippen molar-refractivity contribution in [2.45, 2.75) is 37.3 Å². The van der Waals surface area contributed by atoms with Crippen LogP contribution in [-0.2, 0) is 17.1 Å². The van der Waals surface area contributed by atoms with Crippen molar-refractivity contribution >= 4 is 15.8 Å². The Morgan fingerprint density at radius 2 is 2.22 bits per heavy atom. The van der Waals surface area contributed by atoms with Crippen molar-refractivity contribution in [1.82, 2.24) is 14.3 Å². The van der Waals surface area contributed by atoms with Gasteiger partial charge < -0.3 is 15.4 Å². The maximum absolute atomic E-state index is 12.0. The summed E-state index contributed by atoms with van der Waals surface area (Å²) >= 11 is 0. The molecule has 0 radical (unpaired) electrons. The summed E-state index contributed by atoms with van der Waals surface area (Å²) < 4.78 is 27.7. The molecule has 1 aromatic rings. The number of aromatic nitrogens is 2. The van der Waals surface area contributed by atoms with Crippen molar-refractivity contribution in [2.24, 2.45) is 7.05 Å². The number of anilines is 1.